The SMILES string of the molecule is Cc1ccc(C(=O)O)cc1OCC1CC2CCC1C2. The van der Waals surface area contributed by atoms with Gasteiger partial charge in [0.15, 0.2) is 0 Å². The van der Waals surface area contributed by atoms with Gasteiger partial charge >= 0.3 is 5.97 Å². The summed E-state index contributed by atoms with van der Waals surface area (Å²) in [5.74, 6) is 2.26. The molecule has 1 N–H and O–H groups in total. The van der Waals surface area contributed by atoms with Crippen molar-refractivity contribution in [3.63, 3.8) is 0 Å². The maximum Gasteiger partial charge on any atom is 0.335 e. The minimum Gasteiger partial charge on any atom is -0.493 e. The number of carboxylic acid groups (broad SMARTS) is 1. The van der Waals surface area contributed by atoms with Crippen LogP contribution in [0.3, 0.4) is 0 Å². The van der Waals surface area contributed by atoms with E-state index in [-0.39, 0.29) is 0 Å². The third-order valence-electron chi connectivity index (χ3n) is 4.77. The largest absolute Gasteiger partial charge is 0.493 e. The highest BCUT2D eigenvalue weighted by molar-refractivity contribution is 5.88. The van der Waals surface area contributed by atoms with Crippen molar-refractivity contribution in [1.29, 1.82) is 0 Å². The molecule has 19 heavy (non-hydrogen) atoms. The minimum absolute atomic E-state index is 0.300. The lowest BCUT2D eigenvalue weighted by Crippen LogP contribution is -2.18. The number of fused-ring (bicyclic) bond motifs is 2. The molecule has 2 aliphatic rings. The van der Waals surface area contributed by atoms with E-state index in [4.69, 9.17) is 9.84 Å². The molecule has 3 nitrogen and oxygen atoms in total. The molecule has 3 rings (SSSR count). The van der Waals surface area contributed by atoms with Crippen LogP contribution in [-0.2, 0) is 0 Å². The summed E-state index contributed by atoms with van der Waals surface area (Å²) in [6.45, 7) is 2.70. The van der Waals surface area contributed by atoms with E-state index in [0.29, 0.717) is 11.5 Å². The van der Waals surface area contributed by atoms with Crippen LogP contribution >= 0.6 is 0 Å². The maximum atomic E-state index is 11.0. The molecule has 2 aliphatic carbocycles. The number of rotatable bonds is 4. The molecule has 0 aliphatic heterocycles. The van der Waals surface area contributed by atoms with E-state index in [1.165, 1.54) is 25.7 Å². The summed E-state index contributed by atoms with van der Waals surface area (Å²) in [7, 11) is 0. The Balaban J connectivity index is 1.66. The van der Waals surface area contributed by atoms with E-state index in [0.717, 1.165) is 29.8 Å². The molecule has 0 aromatic heterocycles. The van der Waals surface area contributed by atoms with Crippen LogP contribution in [0.25, 0.3) is 0 Å². The Morgan fingerprint density at radius 2 is 2.21 bits per heavy atom. The molecular formula is C16H20O3. The third kappa shape index (κ3) is 2.46. The number of aromatic carboxylic acids is 1. The first kappa shape index (κ1) is 12.5. The van der Waals surface area contributed by atoms with Gasteiger partial charge in [-0.15, -0.1) is 0 Å². The molecule has 0 spiro atoms. The van der Waals surface area contributed by atoms with Gasteiger partial charge in [-0.05, 0) is 61.6 Å². The van der Waals surface area contributed by atoms with Crippen molar-refractivity contribution < 1.29 is 14.6 Å². The zero-order valence-corrected chi connectivity index (χ0v) is 11.3. The predicted molar refractivity (Wildman–Crippen MR) is 72.6 cm³/mol. The lowest BCUT2D eigenvalue weighted by molar-refractivity contribution is 0.0696. The van der Waals surface area contributed by atoms with Gasteiger partial charge in [0.05, 0.1) is 12.2 Å². The molecule has 3 heteroatoms. The van der Waals surface area contributed by atoms with Crippen LogP contribution in [0, 0.1) is 24.7 Å². The second-order valence-corrected chi connectivity index (χ2v) is 6.03. The Kier molecular flexibility index (Phi) is 3.21. The Bertz CT molecular complexity index is 495. The van der Waals surface area contributed by atoms with Crippen LogP contribution in [0.4, 0.5) is 0 Å². The molecule has 2 fully saturated rings. The summed E-state index contributed by atoms with van der Waals surface area (Å²) in [5, 5.41) is 9.01. The average Bonchev–Trinajstić information content (AvgIpc) is 2.99. The Morgan fingerprint density at radius 3 is 2.84 bits per heavy atom. The van der Waals surface area contributed by atoms with Crippen molar-refractivity contribution in [2.45, 2.75) is 32.6 Å². The van der Waals surface area contributed by atoms with Gasteiger partial charge < -0.3 is 9.84 Å². The van der Waals surface area contributed by atoms with E-state index in [9.17, 15) is 4.79 Å². The normalized spacial score (nSPS) is 28.6. The van der Waals surface area contributed by atoms with Crippen molar-refractivity contribution in [1.82, 2.24) is 0 Å². The molecule has 102 valence electrons. The highest BCUT2D eigenvalue weighted by atomic mass is 16.5. The molecule has 0 amide bonds. The van der Waals surface area contributed by atoms with Crippen LogP contribution in [-0.4, -0.2) is 17.7 Å². The standard InChI is InChI=1S/C16H20O3/c1-10-2-4-13(16(17)18)8-15(10)19-9-14-7-11-3-5-12(14)6-11/h2,4,8,11-12,14H,3,5-7,9H2,1H3,(H,17,18). The smallest absolute Gasteiger partial charge is 0.335 e. The van der Waals surface area contributed by atoms with Gasteiger partial charge in [-0.25, -0.2) is 4.79 Å². The van der Waals surface area contributed by atoms with Gasteiger partial charge in [0.2, 0.25) is 0 Å². The van der Waals surface area contributed by atoms with Gasteiger partial charge in [-0.1, -0.05) is 12.5 Å². The minimum atomic E-state index is -0.898. The number of hydrogen-bond acceptors (Lipinski definition) is 2. The van der Waals surface area contributed by atoms with Gasteiger partial charge in [0.25, 0.3) is 0 Å². The summed E-state index contributed by atoms with van der Waals surface area (Å²) in [5.41, 5.74) is 1.31. The van der Waals surface area contributed by atoms with Crippen molar-refractivity contribution in [3.05, 3.63) is 29.3 Å². The van der Waals surface area contributed by atoms with Crippen LogP contribution in [0.1, 0.15) is 41.6 Å². The van der Waals surface area contributed by atoms with Crippen molar-refractivity contribution in [2.24, 2.45) is 17.8 Å². The quantitative estimate of drug-likeness (QED) is 0.901. The number of aryl methyl sites for hydroxylation is 1. The van der Waals surface area contributed by atoms with E-state index in [2.05, 4.69) is 0 Å². The van der Waals surface area contributed by atoms with Crippen molar-refractivity contribution in [2.75, 3.05) is 6.61 Å². The monoisotopic (exact) mass is 260 g/mol. The number of benzene rings is 1. The molecule has 2 bridgehead atoms. The molecule has 0 saturated heterocycles. The summed E-state index contributed by atoms with van der Waals surface area (Å²) in [4.78, 5) is 11.0. The Hall–Kier alpha value is -1.51. The Labute approximate surface area is 113 Å². The summed E-state index contributed by atoms with van der Waals surface area (Å²) in [6, 6.07) is 5.09. The first-order chi connectivity index (χ1) is 9.13. The molecule has 0 radical (unpaired) electrons. The topological polar surface area (TPSA) is 46.5 Å². The molecular weight excluding hydrogens is 240 g/mol. The predicted octanol–water partition coefficient (Wildman–Crippen LogP) is 3.51. The second kappa shape index (κ2) is 4.87. The van der Waals surface area contributed by atoms with Crippen LogP contribution in [0.15, 0.2) is 18.2 Å². The number of ether oxygens (including phenoxy) is 1. The fraction of sp³-hybridized carbons (Fsp3) is 0.562. The summed E-state index contributed by atoms with van der Waals surface area (Å²) < 4.78 is 5.90. The van der Waals surface area contributed by atoms with Gasteiger partial charge in [-0.3, -0.25) is 0 Å². The van der Waals surface area contributed by atoms with E-state index < -0.39 is 5.97 Å². The highest BCUT2D eigenvalue weighted by Gasteiger charge is 2.39. The molecule has 2 saturated carbocycles. The fourth-order valence-corrected chi connectivity index (χ4v) is 3.67. The van der Waals surface area contributed by atoms with Crippen molar-refractivity contribution in [3.8, 4) is 5.75 Å². The lowest BCUT2D eigenvalue weighted by Gasteiger charge is -2.22. The highest BCUT2D eigenvalue weighted by Crippen LogP contribution is 2.48. The van der Waals surface area contributed by atoms with Crippen molar-refractivity contribution >= 4 is 5.97 Å². The first-order valence-electron chi connectivity index (χ1n) is 7.10. The molecule has 1 aromatic carbocycles. The van der Waals surface area contributed by atoms with Crippen LogP contribution in [0.2, 0.25) is 0 Å². The fourth-order valence-electron chi connectivity index (χ4n) is 3.67. The Morgan fingerprint density at radius 1 is 1.37 bits per heavy atom. The van der Waals surface area contributed by atoms with Gasteiger partial charge in [-0.2, -0.15) is 0 Å². The maximum absolute atomic E-state index is 11.0. The average molecular weight is 260 g/mol. The van der Waals surface area contributed by atoms with E-state index in [1.54, 1.807) is 12.1 Å². The molecule has 3 atom stereocenters. The van der Waals surface area contributed by atoms with Crippen LogP contribution in [0.5, 0.6) is 5.75 Å². The molecule has 0 heterocycles. The summed E-state index contributed by atoms with van der Waals surface area (Å²) >= 11 is 0. The number of carboxylic acids is 1. The zero-order chi connectivity index (χ0) is 13.4. The zero-order valence-electron chi connectivity index (χ0n) is 11.3. The second-order valence-electron chi connectivity index (χ2n) is 6.03. The number of hydrogen-bond donors (Lipinski definition) is 1. The van der Waals surface area contributed by atoms with E-state index >= 15 is 0 Å². The first-order valence-corrected chi connectivity index (χ1v) is 7.10. The lowest BCUT2D eigenvalue weighted by atomic mass is 9.89. The van der Waals surface area contributed by atoms with E-state index in [1.807, 2.05) is 13.0 Å². The number of carbonyl (C=O) groups is 1. The molecule has 1 aromatic rings. The van der Waals surface area contributed by atoms with Gasteiger partial charge in [0, 0.05) is 0 Å². The third-order valence-corrected chi connectivity index (χ3v) is 4.77. The van der Waals surface area contributed by atoms with Gasteiger partial charge in [0.1, 0.15) is 5.75 Å². The van der Waals surface area contributed by atoms with Crippen LogP contribution < -0.4 is 4.74 Å². The molecule has 3 unspecified atom stereocenters. The summed E-state index contributed by atoms with van der Waals surface area (Å²) in [6.07, 6.45) is 5.42.